The van der Waals surface area contributed by atoms with Gasteiger partial charge in [-0.15, -0.1) is 10.2 Å². The Morgan fingerprint density at radius 3 is 2.91 bits per heavy atom. The van der Waals surface area contributed by atoms with Crippen LogP contribution < -0.4 is 15.6 Å². The van der Waals surface area contributed by atoms with Gasteiger partial charge in [0.05, 0.1) is 12.1 Å². The Morgan fingerprint density at radius 2 is 2.09 bits per heavy atom. The molecule has 1 atom stereocenters. The number of aromatic nitrogens is 3. The normalized spacial score (nSPS) is 18.6. The Bertz CT molecular complexity index is 1310. The van der Waals surface area contributed by atoms with Gasteiger partial charge >= 0.3 is 5.90 Å². The molecule has 0 saturated carbocycles. The molecule has 0 spiro atoms. The number of nitrogens with zero attached hydrogens (tertiary/aromatic N) is 4. The molecule has 5 N–H and O–H groups in total. The SMILES string of the molecule is Cc1cc(-c2cc(O)ccc2Cl)cc2nnc(NC3NC(C(O)=[NH+]CCN4CCCC4)=CS3)nc12. The molecule has 1 saturated heterocycles. The van der Waals surface area contributed by atoms with E-state index in [2.05, 4.69) is 35.7 Å². The quantitative estimate of drug-likeness (QED) is 0.240. The smallest absolute Gasteiger partial charge is 0.383 e. The Hall–Kier alpha value is -3.08. The number of nitrogens with one attached hydrogen (secondary N) is 3. The number of anilines is 1. The summed E-state index contributed by atoms with van der Waals surface area (Å²) in [6, 6.07) is 8.66. The second-order valence-corrected chi connectivity index (χ2v) is 10.0. The molecule has 0 bridgehead atoms. The summed E-state index contributed by atoms with van der Waals surface area (Å²) in [4.78, 5) is 10.1. The molecule has 3 heterocycles. The lowest BCUT2D eigenvalue weighted by molar-refractivity contribution is -0.466. The summed E-state index contributed by atoms with van der Waals surface area (Å²) < 4.78 is 0. The highest BCUT2D eigenvalue weighted by Gasteiger charge is 2.24. The zero-order valence-electron chi connectivity index (χ0n) is 19.3. The predicted octanol–water partition coefficient (Wildman–Crippen LogP) is 2.37. The number of likely N-dealkylation sites (tertiary alicyclic amines) is 1. The highest BCUT2D eigenvalue weighted by atomic mass is 35.5. The van der Waals surface area contributed by atoms with Crippen molar-refractivity contribution in [1.82, 2.24) is 25.4 Å². The Balaban J connectivity index is 1.25. The zero-order valence-corrected chi connectivity index (χ0v) is 20.8. The van der Waals surface area contributed by atoms with Gasteiger partial charge in [0.1, 0.15) is 11.3 Å². The van der Waals surface area contributed by atoms with E-state index in [-0.39, 0.29) is 17.1 Å². The van der Waals surface area contributed by atoms with Crippen LogP contribution in [0.15, 0.2) is 41.4 Å². The van der Waals surface area contributed by atoms with Crippen LogP contribution in [-0.2, 0) is 0 Å². The molecule has 1 unspecified atom stereocenters. The first-order chi connectivity index (χ1) is 17.0. The maximum absolute atomic E-state index is 10.4. The molecule has 9 nitrogen and oxygen atoms in total. The minimum atomic E-state index is -0.238. The highest BCUT2D eigenvalue weighted by molar-refractivity contribution is 8.03. The molecule has 0 amide bonds. The first kappa shape index (κ1) is 23.7. The molecule has 182 valence electrons. The van der Waals surface area contributed by atoms with Gasteiger partial charge in [0.2, 0.25) is 5.95 Å². The van der Waals surface area contributed by atoms with Crippen molar-refractivity contribution in [3.63, 3.8) is 0 Å². The van der Waals surface area contributed by atoms with Crippen LogP contribution in [0.25, 0.3) is 22.2 Å². The largest absolute Gasteiger partial charge is 0.508 e. The maximum Gasteiger partial charge on any atom is 0.383 e. The number of benzene rings is 2. The molecule has 35 heavy (non-hydrogen) atoms. The summed E-state index contributed by atoms with van der Waals surface area (Å²) in [5.41, 5.74) is 4.20. The van der Waals surface area contributed by atoms with Gasteiger partial charge in [-0.1, -0.05) is 23.4 Å². The summed E-state index contributed by atoms with van der Waals surface area (Å²) in [7, 11) is 0. The first-order valence-corrected chi connectivity index (χ1v) is 12.8. The lowest BCUT2D eigenvalue weighted by Gasteiger charge is -2.14. The number of phenolic OH excluding ortho intramolecular Hbond substituents is 1. The van der Waals surface area contributed by atoms with Gasteiger partial charge in [0, 0.05) is 16.0 Å². The number of aromatic hydroxyl groups is 1. The maximum atomic E-state index is 10.4. The van der Waals surface area contributed by atoms with Crippen molar-refractivity contribution in [2.45, 2.75) is 25.3 Å². The summed E-state index contributed by atoms with van der Waals surface area (Å²) in [6.07, 6.45) is 2.51. The minimum Gasteiger partial charge on any atom is -0.508 e. The number of halogens is 1. The van der Waals surface area contributed by atoms with Gasteiger partial charge < -0.3 is 20.8 Å². The van der Waals surface area contributed by atoms with Crippen LogP contribution in [0.3, 0.4) is 0 Å². The van der Waals surface area contributed by atoms with E-state index in [1.807, 2.05) is 24.5 Å². The van der Waals surface area contributed by atoms with E-state index in [0.29, 0.717) is 28.7 Å². The monoisotopic (exact) mass is 512 g/mol. The number of aliphatic hydroxyl groups excluding tert-OH is 1. The minimum absolute atomic E-state index is 0.132. The number of phenols is 1. The summed E-state index contributed by atoms with van der Waals surface area (Å²) in [5.74, 6) is 0.655. The van der Waals surface area contributed by atoms with E-state index in [9.17, 15) is 10.2 Å². The van der Waals surface area contributed by atoms with E-state index in [4.69, 9.17) is 11.6 Å². The molecular weight excluding hydrogens is 486 g/mol. The van der Waals surface area contributed by atoms with Gasteiger partial charge in [-0.25, -0.2) is 9.98 Å². The van der Waals surface area contributed by atoms with Crippen LogP contribution in [0.4, 0.5) is 5.95 Å². The molecular formula is C24H27ClN7O2S+. The van der Waals surface area contributed by atoms with E-state index in [1.54, 1.807) is 18.2 Å². The van der Waals surface area contributed by atoms with Crippen molar-refractivity contribution in [3.8, 4) is 16.9 Å². The number of rotatable bonds is 7. The standard InChI is InChI=1S/C24H26ClN7O2S/c1-14-10-15(17-12-16(33)4-5-18(17)25)11-19-21(14)28-23(31-30-19)29-24-27-20(13-35-24)22(34)26-6-9-32-7-2-3-8-32/h4-5,10-13,24,27,33H,2-3,6-9H2,1H3,(H,26,34)(H,28,29,31)/p+1. The second-order valence-electron chi connectivity index (χ2n) is 8.62. The summed E-state index contributed by atoms with van der Waals surface area (Å²) >= 11 is 7.82. The molecule has 2 aliphatic rings. The van der Waals surface area contributed by atoms with Crippen LogP contribution >= 0.6 is 23.4 Å². The number of hydrogen-bond donors (Lipinski definition) is 5. The molecule has 0 radical (unpaired) electrons. The number of hydrogen-bond acceptors (Lipinski definition) is 8. The fraction of sp³-hybridized carbons (Fsp3) is 0.333. The van der Waals surface area contributed by atoms with E-state index < -0.39 is 0 Å². The zero-order chi connectivity index (χ0) is 24.4. The summed E-state index contributed by atoms with van der Waals surface area (Å²) in [5, 5.41) is 37.7. The molecule has 3 aromatic rings. The fourth-order valence-electron chi connectivity index (χ4n) is 4.25. The molecule has 1 fully saturated rings. The Labute approximate surface area is 212 Å². The van der Waals surface area contributed by atoms with Gasteiger partial charge in [-0.2, -0.15) is 0 Å². The molecule has 11 heteroatoms. The van der Waals surface area contributed by atoms with E-state index in [1.165, 1.54) is 24.6 Å². The average molecular weight is 513 g/mol. The van der Waals surface area contributed by atoms with Gasteiger partial charge in [0.15, 0.2) is 17.7 Å². The highest BCUT2D eigenvalue weighted by Crippen LogP contribution is 2.33. The van der Waals surface area contributed by atoms with E-state index >= 15 is 0 Å². The predicted molar refractivity (Wildman–Crippen MR) is 140 cm³/mol. The summed E-state index contributed by atoms with van der Waals surface area (Å²) in [6.45, 7) is 5.83. The third-order valence-electron chi connectivity index (χ3n) is 6.05. The number of thioether (sulfide) groups is 1. The second kappa shape index (κ2) is 10.3. The van der Waals surface area contributed by atoms with Gasteiger partial charge in [-0.3, -0.25) is 4.90 Å². The van der Waals surface area contributed by atoms with Crippen molar-refractivity contribution < 1.29 is 15.2 Å². The third kappa shape index (κ3) is 5.44. The van der Waals surface area contributed by atoms with Crippen molar-refractivity contribution in [2.75, 3.05) is 31.5 Å². The molecule has 0 aliphatic carbocycles. The van der Waals surface area contributed by atoms with Gasteiger partial charge in [-0.05, 0) is 74.3 Å². The number of aliphatic hydroxyl groups is 1. The molecule has 1 aromatic heterocycles. The first-order valence-electron chi connectivity index (χ1n) is 11.5. The molecule has 2 aliphatic heterocycles. The van der Waals surface area contributed by atoms with Crippen molar-refractivity contribution >= 4 is 46.2 Å². The van der Waals surface area contributed by atoms with E-state index in [0.717, 1.165) is 41.8 Å². The van der Waals surface area contributed by atoms with Crippen molar-refractivity contribution in [2.24, 2.45) is 0 Å². The Morgan fingerprint density at radius 1 is 1.26 bits per heavy atom. The van der Waals surface area contributed by atoms with Crippen LogP contribution in [0.5, 0.6) is 5.75 Å². The molecule has 5 rings (SSSR count). The number of fused-ring (bicyclic) bond motifs is 1. The van der Waals surface area contributed by atoms with Gasteiger partial charge in [0.25, 0.3) is 0 Å². The van der Waals surface area contributed by atoms with Crippen molar-refractivity contribution in [3.05, 3.63) is 52.0 Å². The van der Waals surface area contributed by atoms with Crippen LogP contribution in [-0.4, -0.2) is 67.9 Å². The lowest BCUT2D eigenvalue weighted by atomic mass is 10.0. The topological polar surface area (TPSA) is 120 Å². The van der Waals surface area contributed by atoms with Crippen LogP contribution in [0.1, 0.15) is 18.4 Å². The van der Waals surface area contributed by atoms with Crippen LogP contribution in [0, 0.1) is 6.92 Å². The number of aryl methyl sites for hydroxylation is 1. The fourth-order valence-corrected chi connectivity index (χ4v) is 5.30. The lowest BCUT2D eigenvalue weighted by Crippen LogP contribution is -2.76. The average Bonchev–Trinajstić information content (AvgIpc) is 3.53. The van der Waals surface area contributed by atoms with Crippen molar-refractivity contribution in [1.29, 1.82) is 0 Å². The molecule has 2 aromatic carbocycles. The third-order valence-corrected chi connectivity index (χ3v) is 7.26. The van der Waals surface area contributed by atoms with Crippen LogP contribution in [0.2, 0.25) is 5.02 Å². The Kier molecular flexibility index (Phi) is 6.94.